The smallest absolute Gasteiger partial charge is 0.237 e. The number of amides is 1. The molecule has 7 nitrogen and oxygen atoms in total. The minimum absolute atomic E-state index is 0. The van der Waals surface area contributed by atoms with Crippen molar-refractivity contribution >= 4 is 49.1 Å². The van der Waals surface area contributed by atoms with Crippen molar-refractivity contribution in [3.8, 4) is 0 Å². The molecule has 25 heavy (non-hydrogen) atoms. The normalized spacial score (nSPS) is 20.0. The fourth-order valence-corrected chi connectivity index (χ4v) is 2.99. The van der Waals surface area contributed by atoms with Crippen LogP contribution in [0.5, 0.6) is 0 Å². The van der Waals surface area contributed by atoms with Crippen molar-refractivity contribution in [1.29, 1.82) is 0 Å². The number of nitrogens with zero attached hydrogens (tertiary/aromatic N) is 4. The van der Waals surface area contributed by atoms with Crippen LogP contribution in [0.25, 0.3) is 0 Å². The van der Waals surface area contributed by atoms with Gasteiger partial charge >= 0.3 is 0 Å². The molecule has 1 atom stereocenters. The Balaban J connectivity index is 0.00000192. The fourth-order valence-electron chi connectivity index (χ4n) is 2.99. The molecule has 3 rings (SSSR count). The van der Waals surface area contributed by atoms with Gasteiger partial charge in [0.1, 0.15) is 0 Å². The number of nitrogens with one attached hydrogen (secondary N) is 2. The topological polar surface area (TPSA) is 73.4 Å². The van der Waals surface area contributed by atoms with Gasteiger partial charge in [0.05, 0.1) is 6.04 Å². The van der Waals surface area contributed by atoms with Gasteiger partial charge in [0, 0.05) is 51.7 Å². The van der Waals surface area contributed by atoms with Crippen LogP contribution < -0.4 is 15.5 Å². The maximum Gasteiger partial charge on any atom is 0.237 e. The zero-order chi connectivity index (χ0) is 15.2. The molecule has 0 radical (unpaired) electrons. The van der Waals surface area contributed by atoms with E-state index in [0.717, 1.165) is 64.6 Å². The van der Waals surface area contributed by atoms with Gasteiger partial charge in [-0.05, 0) is 25.5 Å². The molecule has 0 unspecified atom stereocenters. The third kappa shape index (κ3) is 7.11. The number of hydrogen-bond acceptors (Lipinski definition) is 6. The summed E-state index contributed by atoms with van der Waals surface area (Å²) in [5.41, 5.74) is 0. The first kappa shape index (κ1) is 24.1. The molecule has 2 aliphatic heterocycles. The van der Waals surface area contributed by atoms with Crippen molar-refractivity contribution in [3.63, 3.8) is 0 Å². The number of rotatable bonds is 5. The van der Waals surface area contributed by atoms with Gasteiger partial charge in [-0.2, -0.15) is 0 Å². The van der Waals surface area contributed by atoms with E-state index in [1.807, 2.05) is 6.07 Å². The number of carbonyl (C=O) groups is 1. The van der Waals surface area contributed by atoms with Gasteiger partial charge in [-0.3, -0.25) is 9.69 Å². The van der Waals surface area contributed by atoms with Crippen LogP contribution in [0.1, 0.15) is 12.8 Å². The third-order valence-corrected chi connectivity index (χ3v) is 4.31. The number of piperazine rings is 1. The van der Waals surface area contributed by atoms with Gasteiger partial charge in [-0.15, -0.1) is 37.2 Å². The van der Waals surface area contributed by atoms with E-state index in [0.29, 0.717) is 0 Å². The van der Waals surface area contributed by atoms with Crippen LogP contribution in [0, 0.1) is 0 Å². The van der Waals surface area contributed by atoms with Crippen LogP contribution in [0.15, 0.2) is 18.5 Å². The molecule has 2 N–H and O–H groups in total. The van der Waals surface area contributed by atoms with Crippen molar-refractivity contribution in [1.82, 2.24) is 25.5 Å². The fraction of sp³-hybridized carbons (Fsp3) is 0.667. The maximum absolute atomic E-state index is 11.9. The lowest BCUT2D eigenvalue weighted by molar-refractivity contribution is -0.122. The first-order chi connectivity index (χ1) is 10.8. The third-order valence-electron chi connectivity index (χ3n) is 4.31. The van der Waals surface area contributed by atoms with E-state index in [4.69, 9.17) is 0 Å². The molecule has 0 saturated carbocycles. The predicted octanol–water partition coefficient (Wildman–Crippen LogP) is 0.732. The molecule has 0 aromatic carbocycles. The van der Waals surface area contributed by atoms with Gasteiger partial charge in [-0.1, -0.05) is 0 Å². The molecule has 144 valence electrons. The summed E-state index contributed by atoms with van der Waals surface area (Å²) < 4.78 is 0. The lowest BCUT2D eigenvalue weighted by Gasteiger charge is -2.34. The molecule has 2 saturated heterocycles. The van der Waals surface area contributed by atoms with Gasteiger partial charge in [0.15, 0.2) is 0 Å². The monoisotopic (exact) mass is 412 g/mol. The summed E-state index contributed by atoms with van der Waals surface area (Å²) >= 11 is 0. The van der Waals surface area contributed by atoms with Crippen LogP contribution in [0.2, 0.25) is 0 Å². The zero-order valence-electron chi connectivity index (χ0n) is 14.1. The number of aromatic nitrogens is 2. The SMILES string of the molecule is Cl.Cl.Cl.O=C(NCCN1CCN(c2ncccn2)CC1)[C@@H]1CCCN1. The van der Waals surface area contributed by atoms with Crippen LogP contribution in [-0.4, -0.2) is 72.6 Å². The molecule has 0 aliphatic carbocycles. The molecule has 3 heterocycles. The Morgan fingerprint density at radius 2 is 1.84 bits per heavy atom. The Morgan fingerprint density at radius 1 is 1.16 bits per heavy atom. The van der Waals surface area contributed by atoms with Crippen LogP contribution in [-0.2, 0) is 4.79 Å². The molecular weight excluding hydrogens is 387 g/mol. The Labute approximate surface area is 167 Å². The second-order valence-corrected chi connectivity index (χ2v) is 5.82. The van der Waals surface area contributed by atoms with Crippen molar-refractivity contribution in [2.75, 3.05) is 50.7 Å². The van der Waals surface area contributed by atoms with Gasteiger partial charge in [0.25, 0.3) is 0 Å². The zero-order valence-corrected chi connectivity index (χ0v) is 16.5. The molecule has 0 bridgehead atoms. The quantitative estimate of drug-likeness (QED) is 0.741. The molecule has 2 fully saturated rings. The highest BCUT2D eigenvalue weighted by molar-refractivity contribution is 5.86. The van der Waals surface area contributed by atoms with E-state index in [9.17, 15) is 4.79 Å². The molecule has 2 aliphatic rings. The Bertz CT molecular complexity index is 481. The average Bonchev–Trinajstić information content (AvgIpc) is 3.11. The molecule has 10 heteroatoms. The summed E-state index contributed by atoms with van der Waals surface area (Å²) in [6.07, 6.45) is 5.62. The number of hydrogen-bond donors (Lipinski definition) is 2. The van der Waals surface area contributed by atoms with Gasteiger partial charge in [-0.25, -0.2) is 9.97 Å². The second kappa shape index (κ2) is 12.5. The van der Waals surface area contributed by atoms with E-state index in [-0.39, 0.29) is 49.2 Å². The minimum atomic E-state index is 0. The van der Waals surface area contributed by atoms with Gasteiger partial charge < -0.3 is 15.5 Å². The van der Waals surface area contributed by atoms with Crippen LogP contribution >= 0.6 is 37.2 Å². The molecule has 1 aromatic heterocycles. The highest BCUT2D eigenvalue weighted by atomic mass is 35.5. The predicted molar refractivity (Wildman–Crippen MR) is 106 cm³/mol. The summed E-state index contributed by atoms with van der Waals surface area (Å²) in [6, 6.07) is 1.86. The standard InChI is InChI=1S/C15H24N6O.3ClH/c22-14(13-3-1-4-16-13)17-7-8-20-9-11-21(12-10-20)15-18-5-2-6-19-15;;;/h2,5-6,13,16H,1,3-4,7-12H2,(H,17,22);3*1H/t13-;;;/m0.../s1. The average molecular weight is 414 g/mol. The molecule has 1 amide bonds. The summed E-state index contributed by atoms with van der Waals surface area (Å²) in [4.78, 5) is 25.1. The Kier molecular flexibility index (Phi) is 12.1. The highest BCUT2D eigenvalue weighted by Gasteiger charge is 2.22. The van der Waals surface area contributed by atoms with E-state index >= 15 is 0 Å². The van der Waals surface area contributed by atoms with Crippen LogP contribution in [0.3, 0.4) is 0 Å². The first-order valence-corrected chi connectivity index (χ1v) is 8.08. The van der Waals surface area contributed by atoms with E-state index in [1.54, 1.807) is 12.4 Å². The van der Waals surface area contributed by atoms with Gasteiger partial charge in [0.2, 0.25) is 11.9 Å². The summed E-state index contributed by atoms with van der Waals surface area (Å²) in [5, 5.41) is 6.26. The molecule has 0 spiro atoms. The molecule has 1 aromatic rings. The lowest BCUT2D eigenvalue weighted by atomic mass is 10.2. The lowest BCUT2D eigenvalue weighted by Crippen LogP contribution is -2.50. The minimum Gasteiger partial charge on any atom is -0.353 e. The van der Waals surface area contributed by atoms with Crippen LogP contribution in [0.4, 0.5) is 5.95 Å². The van der Waals surface area contributed by atoms with E-state index in [2.05, 4.69) is 30.4 Å². The largest absolute Gasteiger partial charge is 0.353 e. The molecular formula is C15H27Cl3N6O. The van der Waals surface area contributed by atoms with E-state index in [1.165, 1.54) is 0 Å². The Hall–Kier alpha value is -0.860. The summed E-state index contributed by atoms with van der Waals surface area (Å²) in [5.74, 6) is 0.955. The van der Waals surface area contributed by atoms with Crippen molar-refractivity contribution in [2.24, 2.45) is 0 Å². The van der Waals surface area contributed by atoms with Crippen molar-refractivity contribution < 1.29 is 4.79 Å². The summed E-state index contributed by atoms with van der Waals surface area (Å²) in [6.45, 7) is 6.41. The maximum atomic E-state index is 11.9. The summed E-state index contributed by atoms with van der Waals surface area (Å²) in [7, 11) is 0. The Morgan fingerprint density at radius 3 is 2.44 bits per heavy atom. The van der Waals surface area contributed by atoms with Crippen molar-refractivity contribution in [2.45, 2.75) is 18.9 Å². The van der Waals surface area contributed by atoms with E-state index < -0.39 is 0 Å². The van der Waals surface area contributed by atoms with Crippen molar-refractivity contribution in [3.05, 3.63) is 18.5 Å². The second-order valence-electron chi connectivity index (χ2n) is 5.82. The number of carbonyl (C=O) groups excluding carboxylic acids is 1. The highest BCUT2D eigenvalue weighted by Crippen LogP contribution is 2.09. The number of anilines is 1. The number of halogens is 3. The first-order valence-electron chi connectivity index (χ1n) is 8.08.